The summed E-state index contributed by atoms with van der Waals surface area (Å²) in [5, 5.41) is 9.35. The quantitative estimate of drug-likeness (QED) is 0.695. The van der Waals surface area contributed by atoms with Crippen LogP contribution in [0.5, 0.6) is 0 Å². The highest BCUT2D eigenvalue weighted by atomic mass is 16.3. The number of nitrogens with zero attached hydrogens (tertiary/aromatic N) is 1. The van der Waals surface area contributed by atoms with Crippen LogP contribution in [0.25, 0.3) is 0 Å². The molecule has 0 amide bonds. The molecular weight excluding hydrogens is 188 g/mol. The number of likely N-dealkylation sites (N-methyl/N-ethyl adjacent to an activating group) is 1. The Hall–Kier alpha value is -0.120. The van der Waals surface area contributed by atoms with Gasteiger partial charge in [0.15, 0.2) is 0 Å². The van der Waals surface area contributed by atoms with Gasteiger partial charge in [0.25, 0.3) is 0 Å². The molecule has 0 spiro atoms. The van der Waals surface area contributed by atoms with Crippen LogP contribution in [0.4, 0.5) is 0 Å². The largest absolute Gasteiger partial charge is 0.395 e. The second-order valence-electron chi connectivity index (χ2n) is 4.92. The maximum atomic E-state index is 9.35. The van der Waals surface area contributed by atoms with Gasteiger partial charge in [-0.3, -0.25) is 4.90 Å². The molecule has 90 valence electrons. The van der Waals surface area contributed by atoms with Gasteiger partial charge in [-0.2, -0.15) is 0 Å². The van der Waals surface area contributed by atoms with Crippen LogP contribution < -0.4 is 5.73 Å². The number of aliphatic hydroxyl groups excluding tert-OH is 1. The van der Waals surface area contributed by atoms with Crippen molar-refractivity contribution in [2.24, 2.45) is 5.73 Å². The molecule has 1 aliphatic carbocycles. The molecule has 0 heterocycles. The van der Waals surface area contributed by atoms with Crippen LogP contribution in [0.2, 0.25) is 0 Å². The van der Waals surface area contributed by atoms with Gasteiger partial charge in [-0.1, -0.05) is 25.7 Å². The van der Waals surface area contributed by atoms with Crippen LogP contribution in [-0.2, 0) is 0 Å². The molecule has 0 aromatic heterocycles. The van der Waals surface area contributed by atoms with E-state index in [1.807, 2.05) is 6.92 Å². The summed E-state index contributed by atoms with van der Waals surface area (Å²) in [6, 6.07) is 0.784. The minimum absolute atomic E-state index is 0.0447. The van der Waals surface area contributed by atoms with E-state index in [0.717, 1.165) is 0 Å². The van der Waals surface area contributed by atoms with E-state index in [1.165, 1.54) is 38.5 Å². The van der Waals surface area contributed by atoms with E-state index in [0.29, 0.717) is 6.04 Å². The highest BCUT2D eigenvalue weighted by Gasteiger charge is 2.25. The smallest absolute Gasteiger partial charge is 0.0601 e. The Morgan fingerprint density at radius 3 is 2.20 bits per heavy atom. The molecule has 0 aliphatic heterocycles. The molecule has 2 atom stereocenters. The predicted molar refractivity (Wildman–Crippen MR) is 63.8 cm³/mol. The van der Waals surface area contributed by atoms with Gasteiger partial charge >= 0.3 is 0 Å². The van der Waals surface area contributed by atoms with Crippen molar-refractivity contribution in [2.75, 3.05) is 13.7 Å². The van der Waals surface area contributed by atoms with Crippen molar-refractivity contribution in [2.45, 2.75) is 63.6 Å². The molecule has 1 fully saturated rings. The summed E-state index contributed by atoms with van der Waals surface area (Å²) < 4.78 is 0. The van der Waals surface area contributed by atoms with Crippen LogP contribution in [0.15, 0.2) is 0 Å². The lowest BCUT2D eigenvalue weighted by Gasteiger charge is -2.35. The number of aliphatic hydroxyl groups is 1. The lowest BCUT2D eigenvalue weighted by molar-refractivity contribution is 0.0874. The Morgan fingerprint density at radius 2 is 1.80 bits per heavy atom. The van der Waals surface area contributed by atoms with E-state index in [9.17, 15) is 5.11 Å². The second kappa shape index (κ2) is 6.46. The number of rotatable bonds is 4. The fraction of sp³-hybridized carbons (Fsp3) is 1.00. The van der Waals surface area contributed by atoms with Gasteiger partial charge < -0.3 is 10.8 Å². The number of nitrogens with two attached hydrogens (primary N) is 1. The molecule has 0 saturated heterocycles. The van der Waals surface area contributed by atoms with Crippen molar-refractivity contribution in [3.05, 3.63) is 0 Å². The summed E-state index contributed by atoms with van der Waals surface area (Å²) >= 11 is 0. The topological polar surface area (TPSA) is 49.5 Å². The highest BCUT2D eigenvalue weighted by molar-refractivity contribution is 4.82. The summed E-state index contributed by atoms with van der Waals surface area (Å²) in [5.74, 6) is 0. The molecule has 15 heavy (non-hydrogen) atoms. The van der Waals surface area contributed by atoms with Crippen molar-refractivity contribution < 1.29 is 5.11 Å². The first kappa shape index (κ1) is 12.9. The van der Waals surface area contributed by atoms with Gasteiger partial charge in [-0.15, -0.1) is 0 Å². The zero-order chi connectivity index (χ0) is 11.3. The summed E-state index contributed by atoms with van der Waals surface area (Å²) in [6.45, 7) is 2.15. The van der Waals surface area contributed by atoms with Crippen LogP contribution in [-0.4, -0.2) is 41.8 Å². The van der Waals surface area contributed by atoms with Crippen LogP contribution >= 0.6 is 0 Å². The Balaban J connectivity index is 2.51. The monoisotopic (exact) mass is 214 g/mol. The van der Waals surface area contributed by atoms with Gasteiger partial charge in [0.2, 0.25) is 0 Å². The van der Waals surface area contributed by atoms with Gasteiger partial charge in [-0.25, -0.2) is 0 Å². The predicted octanol–water partition coefficient (Wildman–Crippen LogP) is 1.35. The lowest BCUT2D eigenvalue weighted by Crippen LogP contribution is -2.50. The van der Waals surface area contributed by atoms with Crippen molar-refractivity contribution >= 4 is 0 Å². The fourth-order valence-corrected chi connectivity index (χ4v) is 2.60. The molecule has 3 nitrogen and oxygen atoms in total. The van der Waals surface area contributed by atoms with Crippen molar-refractivity contribution in [3.8, 4) is 0 Å². The van der Waals surface area contributed by atoms with E-state index in [4.69, 9.17) is 5.73 Å². The van der Waals surface area contributed by atoms with Gasteiger partial charge in [0.05, 0.1) is 6.61 Å². The first-order valence-electron chi connectivity index (χ1n) is 6.25. The van der Waals surface area contributed by atoms with E-state index in [2.05, 4.69) is 11.9 Å². The third kappa shape index (κ3) is 3.74. The van der Waals surface area contributed by atoms with E-state index in [1.54, 1.807) is 0 Å². The Bertz CT molecular complexity index is 165. The van der Waals surface area contributed by atoms with Crippen molar-refractivity contribution in [3.63, 3.8) is 0 Å². The number of hydrogen-bond donors (Lipinski definition) is 2. The van der Waals surface area contributed by atoms with E-state index >= 15 is 0 Å². The van der Waals surface area contributed by atoms with Gasteiger partial charge in [-0.05, 0) is 26.8 Å². The Labute approximate surface area is 93.6 Å². The van der Waals surface area contributed by atoms with Crippen LogP contribution in [0.3, 0.4) is 0 Å². The summed E-state index contributed by atoms with van der Waals surface area (Å²) in [5.41, 5.74) is 5.89. The summed E-state index contributed by atoms with van der Waals surface area (Å²) in [7, 11) is 2.11. The maximum absolute atomic E-state index is 9.35. The molecule has 0 aromatic rings. The van der Waals surface area contributed by atoms with Crippen LogP contribution in [0.1, 0.15) is 45.4 Å². The minimum atomic E-state index is 0.0447. The highest BCUT2D eigenvalue weighted by Crippen LogP contribution is 2.22. The van der Waals surface area contributed by atoms with Crippen LogP contribution in [0, 0.1) is 0 Å². The average molecular weight is 214 g/mol. The molecule has 1 rings (SSSR count). The molecule has 0 radical (unpaired) electrons. The molecule has 2 unspecified atom stereocenters. The Kier molecular flexibility index (Phi) is 5.58. The fourth-order valence-electron chi connectivity index (χ4n) is 2.60. The third-order valence-corrected chi connectivity index (χ3v) is 3.72. The molecule has 0 aromatic carbocycles. The molecular formula is C12H26N2O. The first-order valence-corrected chi connectivity index (χ1v) is 6.25. The molecule has 3 heteroatoms. The zero-order valence-corrected chi connectivity index (χ0v) is 10.2. The normalized spacial score (nSPS) is 23.8. The SMILES string of the molecule is CC(N)C(CO)N(C)C1CCCCCC1. The summed E-state index contributed by atoms with van der Waals surface area (Å²) in [4.78, 5) is 2.30. The van der Waals surface area contributed by atoms with E-state index in [-0.39, 0.29) is 18.7 Å². The Morgan fingerprint density at radius 1 is 1.27 bits per heavy atom. The molecule has 3 N–H and O–H groups in total. The van der Waals surface area contributed by atoms with Crippen molar-refractivity contribution in [1.29, 1.82) is 0 Å². The lowest BCUT2D eigenvalue weighted by atomic mass is 10.0. The molecule has 1 saturated carbocycles. The standard InChI is InChI=1S/C12H26N2O/c1-10(13)12(9-15)14(2)11-7-5-3-4-6-8-11/h10-12,15H,3-9,13H2,1-2H3. The first-order chi connectivity index (χ1) is 7.16. The third-order valence-electron chi connectivity index (χ3n) is 3.72. The minimum Gasteiger partial charge on any atom is -0.395 e. The van der Waals surface area contributed by atoms with E-state index < -0.39 is 0 Å². The molecule has 0 bridgehead atoms. The maximum Gasteiger partial charge on any atom is 0.0601 e. The number of hydrogen-bond acceptors (Lipinski definition) is 3. The zero-order valence-electron chi connectivity index (χ0n) is 10.2. The van der Waals surface area contributed by atoms with Gasteiger partial charge in [0, 0.05) is 18.1 Å². The molecule has 1 aliphatic rings. The summed E-state index contributed by atoms with van der Waals surface area (Å²) in [6.07, 6.45) is 7.91. The van der Waals surface area contributed by atoms with Gasteiger partial charge in [0.1, 0.15) is 0 Å². The second-order valence-corrected chi connectivity index (χ2v) is 4.92. The average Bonchev–Trinajstić information content (AvgIpc) is 2.45. The van der Waals surface area contributed by atoms with Crippen molar-refractivity contribution in [1.82, 2.24) is 4.90 Å².